The van der Waals surface area contributed by atoms with E-state index < -0.39 is 0 Å². The number of fused-ring (bicyclic) bond motifs is 1. The smallest absolute Gasteiger partial charge is 0.0502 e. The van der Waals surface area contributed by atoms with Crippen molar-refractivity contribution in [3.05, 3.63) is 11.6 Å². The number of hydrogen-bond donors (Lipinski definition) is 0. The maximum Gasteiger partial charge on any atom is 0.0502 e. The van der Waals surface area contributed by atoms with Crippen molar-refractivity contribution in [2.75, 3.05) is 33.2 Å². The van der Waals surface area contributed by atoms with E-state index in [1.807, 2.05) is 0 Å². The molecule has 1 aliphatic heterocycles. The van der Waals surface area contributed by atoms with E-state index in [1.165, 1.54) is 18.4 Å². The van der Waals surface area contributed by atoms with Crippen molar-refractivity contribution < 1.29 is 0 Å². The molecule has 2 fully saturated rings. The Hall–Kier alpha value is -0.830. The van der Waals surface area contributed by atoms with Gasteiger partial charge in [0.25, 0.3) is 0 Å². The van der Waals surface area contributed by atoms with E-state index in [2.05, 4.69) is 43.1 Å². The molecule has 18 heavy (non-hydrogen) atoms. The third-order valence-electron chi connectivity index (χ3n) is 5.36. The summed E-state index contributed by atoms with van der Waals surface area (Å²) in [7, 11) is 2.18. The number of piperazine rings is 1. The lowest BCUT2D eigenvalue weighted by molar-refractivity contribution is -0.00139. The summed E-state index contributed by atoms with van der Waals surface area (Å²) in [6.45, 7) is 9.24. The molecule has 0 aromatic rings. The Kier molecular flexibility index (Phi) is 2.97. The minimum Gasteiger partial charge on any atom is -0.303 e. The molecule has 3 aliphatic carbocycles. The van der Waals surface area contributed by atoms with Crippen molar-refractivity contribution in [1.82, 2.24) is 9.91 Å². The highest BCUT2D eigenvalue weighted by molar-refractivity contribution is 5.80. The molecule has 2 bridgehead atoms. The standard InChI is InChI=1S/C15H25N3/c1-15(2)13-5-4-12(14(15)10-13)11-16-18-8-6-17(3)7-9-18/h4,11,13-14H,5-10H2,1-3H3/b16-11+. The summed E-state index contributed by atoms with van der Waals surface area (Å²) in [5, 5.41) is 6.92. The zero-order chi connectivity index (χ0) is 12.8. The summed E-state index contributed by atoms with van der Waals surface area (Å²) in [5.74, 6) is 1.68. The summed E-state index contributed by atoms with van der Waals surface area (Å²) in [5.41, 5.74) is 2.00. The average Bonchev–Trinajstić information content (AvgIpc) is 2.38. The van der Waals surface area contributed by atoms with Crippen LogP contribution in [0.4, 0.5) is 0 Å². The van der Waals surface area contributed by atoms with Crippen LogP contribution in [0.25, 0.3) is 0 Å². The molecule has 3 nitrogen and oxygen atoms in total. The van der Waals surface area contributed by atoms with Crippen LogP contribution in [-0.2, 0) is 0 Å². The van der Waals surface area contributed by atoms with Crippen molar-refractivity contribution >= 4 is 6.21 Å². The Bertz CT molecular complexity index is 375. The van der Waals surface area contributed by atoms with Crippen LogP contribution in [0.5, 0.6) is 0 Å². The molecular formula is C15H25N3. The van der Waals surface area contributed by atoms with Gasteiger partial charge in [-0.25, -0.2) is 0 Å². The minimum atomic E-state index is 0.512. The fourth-order valence-corrected chi connectivity index (χ4v) is 3.60. The third kappa shape index (κ3) is 1.99. The van der Waals surface area contributed by atoms with Gasteiger partial charge >= 0.3 is 0 Å². The summed E-state index contributed by atoms with van der Waals surface area (Å²) in [4.78, 5) is 2.37. The average molecular weight is 247 g/mol. The molecule has 1 saturated heterocycles. The normalized spacial score (nSPS) is 35.5. The molecule has 4 rings (SSSR count). The zero-order valence-corrected chi connectivity index (χ0v) is 11.9. The highest BCUT2D eigenvalue weighted by atomic mass is 15.5. The van der Waals surface area contributed by atoms with Gasteiger partial charge in [-0.15, -0.1) is 0 Å². The number of rotatable bonds is 2. The molecule has 0 aromatic carbocycles. The first kappa shape index (κ1) is 12.2. The lowest BCUT2D eigenvalue weighted by Gasteiger charge is -2.55. The Morgan fingerprint density at radius 3 is 2.61 bits per heavy atom. The van der Waals surface area contributed by atoms with E-state index in [-0.39, 0.29) is 0 Å². The van der Waals surface area contributed by atoms with Crippen LogP contribution in [0.1, 0.15) is 26.7 Å². The molecule has 3 heteroatoms. The molecule has 4 aliphatic rings. The van der Waals surface area contributed by atoms with Crippen LogP contribution in [0.2, 0.25) is 0 Å². The van der Waals surface area contributed by atoms with Gasteiger partial charge in [-0.3, -0.25) is 5.01 Å². The van der Waals surface area contributed by atoms with Crippen molar-refractivity contribution in [2.45, 2.75) is 26.7 Å². The number of hydrazone groups is 1. The van der Waals surface area contributed by atoms with Crippen LogP contribution in [-0.4, -0.2) is 49.4 Å². The van der Waals surface area contributed by atoms with Gasteiger partial charge in [0, 0.05) is 26.2 Å². The van der Waals surface area contributed by atoms with E-state index in [0.717, 1.165) is 38.0 Å². The zero-order valence-electron chi connectivity index (χ0n) is 11.9. The fourth-order valence-electron chi connectivity index (χ4n) is 3.60. The fraction of sp³-hybridized carbons (Fsp3) is 0.800. The Balaban J connectivity index is 1.61. The first-order valence-corrected chi connectivity index (χ1v) is 7.25. The summed E-state index contributed by atoms with van der Waals surface area (Å²) in [6, 6.07) is 0. The molecule has 0 N–H and O–H groups in total. The van der Waals surface area contributed by atoms with Gasteiger partial charge in [0.15, 0.2) is 0 Å². The molecule has 0 spiro atoms. The second kappa shape index (κ2) is 4.37. The molecular weight excluding hydrogens is 222 g/mol. The minimum absolute atomic E-state index is 0.512. The largest absolute Gasteiger partial charge is 0.303 e. The second-order valence-electron chi connectivity index (χ2n) is 6.75. The number of nitrogens with zero attached hydrogens (tertiary/aromatic N) is 3. The monoisotopic (exact) mass is 247 g/mol. The van der Waals surface area contributed by atoms with Gasteiger partial charge < -0.3 is 4.90 Å². The molecule has 100 valence electrons. The van der Waals surface area contributed by atoms with Crippen LogP contribution in [0.3, 0.4) is 0 Å². The van der Waals surface area contributed by atoms with Crippen LogP contribution >= 0.6 is 0 Å². The topological polar surface area (TPSA) is 18.8 Å². The summed E-state index contributed by atoms with van der Waals surface area (Å²) in [6.07, 6.45) is 7.21. The van der Waals surface area contributed by atoms with Gasteiger partial charge in [0.05, 0.1) is 6.21 Å². The molecule has 1 saturated carbocycles. The highest BCUT2D eigenvalue weighted by Gasteiger charge is 2.50. The number of allylic oxidation sites excluding steroid dienone is 2. The van der Waals surface area contributed by atoms with Gasteiger partial charge in [-0.05, 0) is 42.7 Å². The maximum absolute atomic E-state index is 4.70. The maximum atomic E-state index is 4.70. The van der Waals surface area contributed by atoms with Gasteiger partial charge in [0.2, 0.25) is 0 Å². The predicted molar refractivity (Wildman–Crippen MR) is 75.6 cm³/mol. The number of likely N-dealkylation sites (N-methyl/N-ethyl adjacent to an activating group) is 1. The van der Waals surface area contributed by atoms with E-state index in [0.29, 0.717) is 5.41 Å². The molecule has 1 heterocycles. The molecule has 2 atom stereocenters. The molecule has 0 amide bonds. The van der Waals surface area contributed by atoms with Crippen LogP contribution in [0, 0.1) is 17.3 Å². The lowest BCUT2D eigenvalue weighted by Crippen LogP contribution is -2.48. The SMILES string of the molecule is CN1CCN(/N=C/C2=CCC3CC2C3(C)C)CC1. The third-order valence-corrected chi connectivity index (χ3v) is 5.36. The van der Waals surface area contributed by atoms with Crippen molar-refractivity contribution in [2.24, 2.45) is 22.4 Å². The highest BCUT2D eigenvalue weighted by Crippen LogP contribution is 2.58. The molecule has 2 unspecified atom stereocenters. The quantitative estimate of drug-likeness (QED) is 0.697. The Morgan fingerprint density at radius 2 is 2.00 bits per heavy atom. The van der Waals surface area contributed by atoms with E-state index in [9.17, 15) is 0 Å². The van der Waals surface area contributed by atoms with Crippen molar-refractivity contribution in [3.63, 3.8) is 0 Å². The van der Waals surface area contributed by atoms with Gasteiger partial charge in [-0.2, -0.15) is 5.10 Å². The predicted octanol–water partition coefficient (Wildman–Crippen LogP) is 2.21. The Morgan fingerprint density at radius 1 is 1.28 bits per heavy atom. The summed E-state index contributed by atoms with van der Waals surface area (Å²) < 4.78 is 0. The van der Waals surface area contributed by atoms with Crippen LogP contribution < -0.4 is 0 Å². The first-order chi connectivity index (χ1) is 8.57. The number of hydrogen-bond acceptors (Lipinski definition) is 3. The van der Waals surface area contributed by atoms with Crippen molar-refractivity contribution in [1.29, 1.82) is 0 Å². The first-order valence-electron chi connectivity index (χ1n) is 7.25. The molecule has 0 radical (unpaired) electrons. The molecule has 0 aromatic heterocycles. The summed E-state index contributed by atoms with van der Waals surface area (Å²) >= 11 is 0. The lowest BCUT2D eigenvalue weighted by atomic mass is 9.49. The van der Waals surface area contributed by atoms with E-state index >= 15 is 0 Å². The van der Waals surface area contributed by atoms with E-state index in [1.54, 1.807) is 0 Å². The van der Waals surface area contributed by atoms with Gasteiger partial charge in [-0.1, -0.05) is 19.9 Å². The van der Waals surface area contributed by atoms with Crippen LogP contribution in [0.15, 0.2) is 16.8 Å². The Labute approximate surface area is 111 Å². The van der Waals surface area contributed by atoms with Gasteiger partial charge in [0.1, 0.15) is 0 Å². The second-order valence-corrected chi connectivity index (χ2v) is 6.75. The van der Waals surface area contributed by atoms with E-state index in [4.69, 9.17) is 5.10 Å². The van der Waals surface area contributed by atoms with Crippen molar-refractivity contribution in [3.8, 4) is 0 Å².